The standard InChI is InChI=1S/C31H28N2O3/c1-20-25(18-32)30(31-26(33-20)15-24(16-27(31)34)22-11-7-4-8-12-22)23-13-14-28(29(17-23)35-2)36-19-21-9-5-3-6-10-21/h3-14,17,24-25,30H,15-16,19H2,1-2H3/t24-,25?,30+/m1/s1. The Kier molecular flexibility index (Phi) is 6.69. The monoisotopic (exact) mass is 476 g/mol. The second kappa shape index (κ2) is 10.2. The molecule has 1 aliphatic heterocycles. The van der Waals surface area contributed by atoms with Gasteiger partial charge in [-0.25, -0.2) is 0 Å². The largest absolute Gasteiger partial charge is 0.493 e. The van der Waals surface area contributed by atoms with Gasteiger partial charge in [-0.3, -0.25) is 9.79 Å². The van der Waals surface area contributed by atoms with Gasteiger partial charge in [0.1, 0.15) is 6.61 Å². The Labute approximate surface area is 211 Å². The lowest BCUT2D eigenvalue weighted by Crippen LogP contribution is -2.32. The van der Waals surface area contributed by atoms with Crippen LogP contribution in [0.15, 0.2) is 95.1 Å². The highest BCUT2D eigenvalue weighted by Gasteiger charge is 2.41. The van der Waals surface area contributed by atoms with Crippen LogP contribution in [0.25, 0.3) is 0 Å². The molecule has 3 aromatic rings. The van der Waals surface area contributed by atoms with Crippen molar-refractivity contribution in [1.82, 2.24) is 0 Å². The molecule has 3 atom stereocenters. The van der Waals surface area contributed by atoms with E-state index in [-0.39, 0.29) is 17.6 Å². The molecule has 0 radical (unpaired) electrons. The van der Waals surface area contributed by atoms with Crippen molar-refractivity contribution in [3.05, 3.63) is 107 Å². The summed E-state index contributed by atoms with van der Waals surface area (Å²) in [5, 5.41) is 10.1. The molecule has 5 nitrogen and oxygen atoms in total. The average molecular weight is 477 g/mol. The number of hydrogen-bond donors (Lipinski definition) is 0. The average Bonchev–Trinajstić information content (AvgIpc) is 2.92. The number of carbonyl (C=O) groups is 1. The second-order valence-electron chi connectivity index (χ2n) is 9.32. The highest BCUT2D eigenvalue weighted by molar-refractivity contribution is 6.03. The first-order chi connectivity index (χ1) is 17.6. The van der Waals surface area contributed by atoms with Crippen molar-refractivity contribution in [2.45, 2.75) is 38.2 Å². The predicted molar refractivity (Wildman–Crippen MR) is 139 cm³/mol. The number of rotatable bonds is 6. The number of allylic oxidation sites excluding steroid dienone is 2. The van der Waals surface area contributed by atoms with Crippen LogP contribution in [0.3, 0.4) is 0 Å². The fraction of sp³-hybridized carbons (Fsp3) is 0.258. The third kappa shape index (κ3) is 4.55. The van der Waals surface area contributed by atoms with E-state index in [1.165, 1.54) is 0 Å². The molecule has 1 unspecified atom stereocenters. The summed E-state index contributed by atoms with van der Waals surface area (Å²) < 4.78 is 11.7. The fourth-order valence-electron chi connectivity index (χ4n) is 5.28. The van der Waals surface area contributed by atoms with Crippen molar-refractivity contribution in [3.63, 3.8) is 0 Å². The zero-order valence-corrected chi connectivity index (χ0v) is 20.5. The third-order valence-corrected chi connectivity index (χ3v) is 7.08. The number of aliphatic imine (C=N–C) groups is 1. The first kappa shape index (κ1) is 23.6. The summed E-state index contributed by atoms with van der Waals surface area (Å²) in [6.07, 6.45) is 1.11. The van der Waals surface area contributed by atoms with Gasteiger partial charge >= 0.3 is 0 Å². The Balaban J connectivity index is 1.49. The Morgan fingerprint density at radius 3 is 2.36 bits per heavy atom. The van der Waals surface area contributed by atoms with E-state index in [2.05, 4.69) is 18.2 Å². The molecule has 0 saturated heterocycles. The lowest BCUT2D eigenvalue weighted by molar-refractivity contribution is -0.116. The number of ketones is 1. The van der Waals surface area contributed by atoms with Crippen LogP contribution < -0.4 is 9.47 Å². The van der Waals surface area contributed by atoms with Crippen LogP contribution in [0.5, 0.6) is 11.5 Å². The molecule has 0 saturated carbocycles. The summed E-state index contributed by atoms with van der Waals surface area (Å²) in [6.45, 7) is 2.30. The van der Waals surface area contributed by atoms with Crippen molar-refractivity contribution in [2.75, 3.05) is 7.11 Å². The molecular weight excluding hydrogens is 448 g/mol. The number of ether oxygens (including phenoxy) is 2. The molecule has 1 heterocycles. The van der Waals surface area contributed by atoms with Gasteiger partial charge < -0.3 is 9.47 Å². The molecule has 0 bridgehead atoms. The lowest BCUT2D eigenvalue weighted by atomic mass is 9.69. The van der Waals surface area contributed by atoms with Gasteiger partial charge in [-0.2, -0.15) is 5.26 Å². The number of hydrogen-bond acceptors (Lipinski definition) is 5. The van der Waals surface area contributed by atoms with Crippen LogP contribution in [-0.2, 0) is 11.4 Å². The Hall–Kier alpha value is -4.17. The van der Waals surface area contributed by atoms with E-state index in [0.29, 0.717) is 36.5 Å². The number of methoxy groups -OCH3 is 1. The van der Waals surface area contributed by atoms with E-state index in [9.17, 15) is 10.1 Å². The number of nitriles is 1. The van der Waals surface area contributed by atoms with E-state index in [0.717, 1.165) is 28.1 Å². The van der Waals surface area contributed by atoms with Crippen LogP contribution in [0.2, 0.25) is 0 Å². The maximum absolute atomic E-state index is 13.6. The summed E-state index contributed by atoms with van der Waals surface area (Å²) >= 11 is 0. The number of benzene rings is 3. The van der Waals surface area contributed by atoms with E-state index in [4.69, 9.17) is 14.5 Å². The third-order valence-electron chi connectivity index (χ3n) is 7.08. The Bertz CT molecular complexity index is 1370. The Morgan fingerprint density at radius 1 is 0.944 bits per heavy atom. The van der Waals surface area contributed by atoms with Gasteiger partial charge in [0.25, 0.3) is 0 Å². The van der Waals surface area contributed by atoms with Crippen LogP contribution >= 0.6 is 0 Å². The minimum Gasteiger partial charge on any atom is -0.493 e. The van der Waals surface area contributed by atoms with Crippen LogP contribution in [0.1, 0.15) is 48.3 Å². The van der Waals surface area contributed by atoms with Gasteiger partial charge in [-0.1, -0.05) is 66.7 Å². The number of carbonyl (C=O) groups excluding carboxylic acids is 1. The van der Waals surface area contributed by atoms with Crippen molar-refractivity contribution < 1.29 is 14.3 Å². The fourth-order valence-corrected chi connectivity index (χ4v) is 5.28. The van der Waals surface area contributed by atoms with Crippen molar-refractivity contribution in [1.29, 1.82) is 5.26 Å². The second-order valence-corrected chi connectivity index (χ2v) is 9.32. The maximum Gasteiger partial charge on any atom is 0.161 e. The zero-order valence-electron chi connectivity index (χ0n) is 20.5. The molecule has 1 aliphatic carbocycles. The SMILES string of the molecule is COc1cc([C@@H]2C3=C(C[C@@H](c4ccccc4)CC3=O)N=C(C)C2C#N)ccc1OCc1ccccc1. The molecule has 5 heteroatoms. The number of Topliss-reactive ketones (excluding diaryl/α,β-unsaturated/α-hetero) is 1. The van der Waals surface area contributed by atoms with Crippen LogP contribution in [-0.4, -0.2) is 18.6 Å². The van der Waals surface area contributed by atoms with Gasteiger partial charge in [0.05, 0.1) is 19.1 Å². The first-order valence-electron chi connectivity index (χ1n) is 12.2. The molecule has 3 aromatic carbocycles. The first-order valence-corrected chi connectivity index (χ1v) is 12.2. The molecule has 5 rings (SSSR count). The minimum atomic E-state index is -0.512. The maximum atomic E-state index is 13.6. The van der Waals surface area contributed by atoms with E-state index in [1.807, 2.05) is 73.7 Å². The van der Waals surface area contributed by atoms with Crippen molar-refractivity contribution in [3.8, 4) is 17.6 Å². The molecule has 2 aliphatic rings. The molecule has 0 fully saturated rings. The highest BCUT2D eigenvalue weighted by atomic mass is 16.5. The van der Waals surface area contributed by atoms with Crippen molar-refractivity contribution in [2.24, 2.45) is 10.9 Å². The van der Waals surface area contributed by atoms with Gasteiger partial charge in [-0.15, -0.1) is 0 Å². The molecule has 0 aromatic heterocycles. The smallest absolute Gasteiger partial charge is 0.161 e. The lowest BCUT2D eigenvalue weighted by Gasteiger charge is -2.35. The summed E-state index contributed by atoms with van der Waals surface area (Å²) in [5.74, 6) is 0.457. The van der Waals surface area contributed by atoms with E-state index >= 15 is 0 Å². The van der Waals surface area contributed by atoms with Crippen LogP contribution in [0.4, 0.5) is 0 Å². The van der Waals surface area contributed by atoms with Gasteiger partial charge in [0.2, 0.25) is 0 Å². The predicted octanol–water partition coefficient (Wildman–Crippen LogP) is 6.37. The summed E-state index contributed by atoms with van der Waals surface area (Å²) in [5.41, 5.74) is 5.27. The Morgan fingerprint density at radius 2 is 1.67 bits per heavy atom. The minimum absolute atomic E-state index is 0.0648. The van der Waals surface area contributed by atoms with E-state index in [1.54, 1.807) is 7.11 Å². The molecular formula is C31H28N2O3. The van der Waals surface area contributed by atoms with Crippen LogP contribution in [0, 0.1) is 17.2 Å². The summed E-state index contributed by atoms with van der Waals surface area (Å²) in [7, 11) is 1.60. The topological polar surface area (TPSA) is 71.7 Å². The van der Waals surface area contributed by atoms with Crippen molar-refractivity contribution >= 4 is 11.5 Å². The van der Waals surface area contributed by atoms with E-state index < -0.39 is 5.92 Å². The number of nitrogens with zero attached hydrogens (tertiary/aromatic N) is 2. The quantitative estimate of drug-likeness (QED) is 0.414. The van der Waals surface area contributed by atoms with Gasteiger partial charge in [0, 0.05) is 29.3 Å². The van der Waals surface area contributed by atoms with Gasteiger partial charge in [0.15, 0.2) is 17.3 Å². The molecule has 0 spiro atoms. The highest BCUT2D eigenvalue weighted by Crippen LogP contribution is 2.47. The summed E-state index contributed by atoms with van der Waals surface area (Å²) in [6, 6.07) is 28.2. The molecule has 36 heavy (non-hydrogen) atoms. The van der Waals surface area contributed by atoms with Gasteiger partial charge in [-0.05, 0) is 48.1 Å². The summed E-state index contributed by atoms with van der Waals surface area (Å²) in [4.78, 5) is 18.3. The molecule has 0 N–H and O–H groups in total. The molecule has 0 amide bonds. The zero-order chi connectivity index (χ0) is 25.1. The normalized spacial score (nSPS) is 21.3. The molecule has 180 valence electrons.